The van der Waals surface area contributed by atoms with E-state index in [-0.39, 0.29) is 18.1 Å². The average Bonchev–Trinajstić information content (AvgIpc) is 2.44. The van der Waals surface area contributed by atoms with Gasteiger partial charge in [0.05, 0.1) is 6.42 Å². The smallest absolute Gasteiger partial charge is 0.304 e. The molecule has 0 aromatic carbocycles. The molecule has 1 saturated heterocycles. The molecule has 5 nitrogen and oxygen atoms in total. The number of hydrogen-bond donors (Lipinski definition) is 1. The van der Waals surface area contributed by atoms with Crippen LogP contribution < -0.4 is 0 Å². The molecule has 1 amide bonds. The fourth-order valence-electron chi connectivity index (χ4n) is 1.36. The van der Waals surface area contributed by atoms with Crippen molar-refractivity contribution in [1.29, 1.82) is 0 Å². The molecule has 1 aliphatic rings. The Morgan fingerprint density at radius 2 is 2.36 bits per heavy atom. The molecule has 0 radical (unpaired) electrons. The van der Waals surface area contributed by atoms with Crippen molar-refractivity contribution in [2.75, 3.05) is 19.3 Å². The minimum Gasteiger partial charge on any atom is -0.481 e. The molecule has 1 N–H and O–H groups in total. The van der Waals surface area contributed by atoms with Crippen LogP contribution in [0.5, 0.6) is 0 Å². The lowest BCUT2D eigenvalue weighted by Gasteiger charge is -2.09. The van der Waals surface area contributed by atoms with E-state index in [0.29, 0.717) is 13.0 Å². The Balaban J connectivity index is 2.46. The highest BCUT2D eigenvalue weighted by Crippen LogP contribution is 2.15. The SMILES string of the molecule is CN1CCC(S(=O)CCC(=O)O)C1=O. The van der Waals surface area contributed by atoms with Crippen LogP contribution in [0.4, 0.5) is 0 Å². The van der Waals surface area contributed by atoms with E-state index in [0.717, 1.165) is 0 Å². The Bertz CT molecular complexity index is 279. The highest BCUT2D eigenvalue weighted by atomic mass is 32.2. The van der Waals surface area contributed by atoms with Crippen LogP contribution in [0.3, 0.4) is 0 Å². The molecule has 1 rings (SSSR count). The molecule has 0 bridgehead atoms. The predicted molar refractivity (Wildman–Crippen MR) is 51.3 cm³/mol. The molecule has 2 unspecified atom stereocenters. The van der Waals surface area contributed by atoms with Crippen molar-refractivity contribution in [3.8, 4) is 0 Å². The number of nitrogens with zero attached hydrogens (tertiary/aromatic N) is 1. The van der Waals surface area contributed by atoms with Crippen molar-refractivity contribution >= 4 is 22.7 Å². The number of likely N-dealkylation sites (tertiary alicyclic amines) is 1. The summed E-state index contributed by atoms with van der Waals surface area (Å²) in [4.78, 5) is 23.1. The average molecular weight is 219 g/mol. The number of rotatable bonds is 4. The van der Waals surface area contributed by atoms with E-state index in [1.165, 1.54) is 4.90 Å². The summed E-state index contributed by atoms with van der Waals surface area (Å²) in [5.41, 5.74) is 0. The van der Waals surface area contributed by atoms with Crippen LogP contribution in [0.2, 0.25) is 0 Å². The molecule has 14 heavy (non-hydrogen) atoms. The van der Waals surface area contributed by atoms with Gasteiger partial charge in [-0.3, -0.25) is 13.8 Å². The maximum absolute atomic E-state index is 11.5. The van der Waals surface area contributed by atoms with Crippen molar-refractivity contribution in [1.82, 2.24) is 4.90 Å². The number of amides is 1. The normalized spacial score (nSPS) is 23.9. The maximum Gasteiger partial charge on any atom is 0.304 e. The van der Waals surface area contributed by atoms with Gasteiger partial charge in [-0.25, -0.2) is 0 Å². The number of carbonyl (C=O) groups is 2. The van der Waals surface area contributed by atoms with E-state index >= 15 is 0 Å². The van der Waals surface area contributed by atoms with Gasteiger partial charge in [0.2, 0.25) is 5.91 Å². The van der Waals surface area contributed by atoms with Crippen LogP contribution in [0, 0.1) is 0 Å². The maximum atomic E-state index is 11.5. The summed E-state index contributed by atoms with van der Waals surface area (Å²) in [7, 11) is 0.325. The highest BCUT2D eigenvalue weighted by Gasteiger charge is 2.33. The summed E-state index contributed by atoms with van der Waals surface area (Å²) in [6.45, 7) is 0.613. The number of hydrogen-bond acceptors (Lipinski definition) is 3. The first-order chi connectivity index (χ1) is 6.52. The van der Waals surface area contributed by atoms with Gasteiger partial charge in [-0.15, -0.1) is 0 Å². The van der Waals surface area contributed by atoms with Crippen molar-refractivity contribution in [2.24, 2.45) is 0 Å². The third kappa shape index (κ3) is 2.54. The lowest BCUT2D eigenvalue weighted by Crippen LogP contribution is -2.30. The van der Waals surface area contributed by atoms with Crippen molar-refractivity contribution < 1.29 is 18.9 Å². The summed E-state index contributed by atoms with van der Waals surface area (Å²) < 4.78 is 11.5. The molecule has 0 spiro atoms. The fraction of sp³-hybridized carbons (Fsp3) is 0.750. The van der Waals surface area contributed by atoms with Crippen LogP contribution in [-0.4, -0.2) is 50.7 Å². The van der Waals surface area contributed by atoms with Gasteiger partial charge in [0.25, 0.3) is 0 Å². The van der Waals surface area contributed by atoms with E-state index < -0.39 is 22.0 Å². The fourth-order valence-corrected chi connectivity index (χ4v) is 2.80. The Morgan fingerprint density at radius 3 is 2.79 bits per heavy atom. The molecule has 1 fully saturated rings. The Labute approximate surface area is 84.5 Å². The van der Waals surface area contributed by atoms with E-state index in [4.69, 9.17) is 5.11 Å². The topological polar surface area (TPSA) is 74.7 Å². The number of carboxylic acid groups (broad SMARTS) is 1. The van der Waals surface area contributed by atoms with Crippen molar-refractivity contribution in [2.45, 2.75) is 18.1 Å². The van der Waals surface area contributed by atoms with Gasteiger partial charge in [0.15, 0.2) is 0 Å². The third-order valence-electron chi connectivity index (χ3n) is 2.21. The Kier molecular flexibility index (Phi) is 3.62. The zero-order valence-electron chi connectivity index (χ0n) is 7.93. The van der Waals surface area contributed by atoms with Crippen LogP contribution >= 0.6 is 0 Å². The lowest BCUT2D eigenvalue weighted by atomic mass is 10.4. The van der Waals surface area contributed by atoms with E-state index in [9.17, 15) is 13.8 Å². The second-order valence-corrected chi connectivity index (χ2v) is 5.00. The van der Waals surface area contributed by atoms with E-state index in [2.05, 4.69) is 0 Å². The molecular weight excluding hydrogens is 206 g/mol. The van der Waals surface area contributed by atoms with Crippen LogP contribution in [0.1, 0.15) is 12.8 Å². The first kappa shape index (κ1) is 11.2. The standard InChI is InChI=1S/C8H13NO4S/c1-9-4-2-6(8(9)12)14(13)5-3-7(10)11/h6H,2-5H2,1H3,(H,10,11). The molecule has 0 saturated carbocycles. The first-order valence-electron chi connectivity index (χ1n) is 4.36. The number of carbonyl (C=O) groups excluding carboxylic acids is 1. The lowest BCUT2D eigenvalue weighted by molar-refractivity contribution is -0.136. The Hall–Kier alpha value is -0.910. The third-order valence-corrected chi connectivity index (χ3v) is 3.89. The Morgan fingerprint density at radius 1 is 1.71 bits per heavy atom. The number of carboxylic acids is 1. The van der Waals surface area contributed by atoms with Crippen LogP contribution in [0.15, 0.2) is 0 Å². The van der Waals surface area contributed by atoms with Gasteiger partial charge >= 0.3 is 5.97 Å². The summed E-state index contributed by atoms with van der Waals surface area (Å²) in [5.74, 6) is -1.04. The summed E-state index contributed by atoms with van der Waals surface area (Å²) in [5, 5.41) is 7.91. The molecule has 1 aliphatic heterocycles. The molecule has 6 heteroatoms. The molecule has 0 aliphatic carbocycles. The number of aliphatic carboxylic acids is 1. The van der Waals surface area contributed by atoms with Gasteiger partial charge in [-0.1, -0.05) is 0 Å². The van der Waals surface area contributed by atoms with Gasteiger partial charge in [-0.2, -0.15) is 0 Å². The summed E-state index contributed by atoms with van der Waals surface area (Å²) in [6.07, 6.45) is 0.432. The molecule has 80 valence electrons. The minimum absolute atomic E-state index is 0.0690. The second kappa shape index (κ2) is 4.54. The van der Waals surface area contributed by atoms with Crippen LogP contribution in [-0.2, 0) is 20.4 Å². The van der Waals surface area contributed by atoms with Crippen LogP contribution in [0.25, 0.3) is 0 Å². The first-order valence-corrected chi connectivity index (χ1v) is 5.74. The quantitative estimate of drug-likeness (QED) is 0.687. The molecule has 0 aromatic heterocycles. The predicted octanol–water partition coefficient (Wildman–Crippen LogP) is -0.560. The summed E-state index contributed by atoms with van der Waals surface area (Å²) >= 11 is 0. The minimum atomic E-state index is -1.34. The van der Waals surface area contributed by atoms with Crippen molar-refractivity contribution in [3.63, 3.8) is 0 Å². The van der Waals surface area contributed by atoms with E-state index in [1.807, 2.05) is 0 Å². The molecule has 2 atom stereocenters. The van der Waals surface area contributed by atoms with E-state index in [1.54, 1.807) is 7.05 Å². The zero-order chi connectivity index (χ0) is 10.7. The second-order valence-electron chi connectivity index (χ2n) is 3.27. The van der Waals surface area contributed by atoms with Gasteiger partial charge < -0.3 is 10.0 Å². The summed E-state index contributed by atoms with van der Waals surface area (Å²) in [6, 6.07) is 0. The largest absolute Gasteiger partial charge is 0.481 e. The van der Waals surface area contributed by atoms with Gasteiger partial charge in [-0.05, 0) is 6.42 Å². The molecule has 0 aromatic rings. The zero-order valence-corrected chi connectivity index (χ0v) is 8.75. The monoisotopic (exact) mass is 219 g/mol. The molecule has 1 heterocycles. The van der Waals surface area contributed by atoms with Gasteiger partial charge in [0, 0.05) is 30.1 Å². The van der Waals surface area contributed by atoms with Gasteiger partial charge in [0.1, 0.15) is 5.25 Å². The highest BCUT2D eigenvalue weighted by molar-refractivity contribution is 7.86. The molecular formula is C8H13NO4S. The van der Waals surface area contributed by atoms with Crippen molar-refractivity contribution in [3.05, 3.63) is 0 Å².